The highest BCUT2D eigenvalue weighted by molar-refractivity contribution is 6.33. The van der Waals surface area contributed by atoms with Crippen molar-refractivity contribution in [3.8, 4) is 33.8 Å². The number of carbonyl (C=O) groups is 1. The van der Waals surface area contributed by atoms with Gasteiger partial charge in [-0.2, -0.15) is 0 Å². The SMILES string of the molecule is CCN(C(=O)c1ccc(Cl)c(-c2ccc(-c3ccccc3)cc2)c1)c1ccc2c(c1)OCO2. The van der Waals surface area contributed by atoms with Crippen LogP contribution in [0.5, 0.6) is 11.5 Å². The van der Waals surface area contributed by atoms with Gasteiger partial charge >= 0.3 is 0 Å². The van der Waals surface area contributed by atoms with E-state index in [1.54, 1.807) is 17.0 Å². The molecule has 164 valence electrons. The summed E-state index contributed by atoms with van der Waals surface area (Å²) in [5.41, 5.74) is 5.39. The second-order valence-electron chi connectivity index (χ2n) is 7.72. The largest absolute Gasteiger partial charge is 0.454 e. The van der Waals surface area contributed by atoms with Gasteiger partial charge in [0, 0.05) is 34.4 Å². The zero-order valence-electron chi connectivity index (χ0n) is 18.1. The maximum atomic E-state index is 13.4. The van der Waals surface area contributed by atoms with Crippen LogP contribution in [-0.4, -0.2) is 19.2 Å². The highest BCUT2D eigenvalue weighted by atomic mass is 35.5. The summed E-state index contributed by atoms with van der Waals surface area (Å²) < 4.78 is 10.9. The molecule has 0 atom stereocenters. The summed E-state index contributed by atoms with van der Waals surface area (Å²) in [5.74, 6) is 1.24. The Balaban J connectivity index is 1.45. The Hall–Kier alpha value is -3.76. The van der Waals surface area contributed by atoms with Crippen molar-refractivity contribution in [1.82, 2.24) is 0 Å². The fourth-order valence-electron chi connectivity index (χ4n) is 4.00. The van der Waals surface area contributed by atoms with Crippen LogP contribution in [0.4, 0.5) is 5.69 Å². The lowest BCUT2D eigenvalue weighted by Crippen LogP contribution is -2.30. The van der Waals surface area contributed by atoms with Gasteiger partial charge in [-0.15, -0.1) is 0 Å². The lowest BCUT2D eigenvalue weighted by molar-refractivity contribution is 0.0988. The molecule has 0 bridgehead atoms. The zero-order chi connectivity index (χ0) is 22.8. The smallest absolute Gasteiger partial charge is 0.258 e. The first-order valence-electron chi connectivity index (χ1n) is 10.8. The molecule has 0 unspecified atom stereocenters. The van der Waals surface area contributed by atoms with Crippen molar-refractivity contribution in [3.05, 3.63) is 102 Å². The number of halogens is 1. The third-order valence-electron chi connectivity index (χ3n) is 5.75. The standard InChI is InChI=1S/C28H22ClNO3/c1-2-30(23-13-15-26-27(17-23)33-18-32-26)28(31)22-12-14-25(29)24(16-22)21-10-8-20(9-11-21)19-6-4-3-5-7-19/h3-17H,2,18H2,1H3. The van der Waals surface area contributed by atoms with E-state index in [0.29, 0.717) is 28.6 Å². The van der Waals surface area contributed by atoms with Crippen molar-refractivity contribution in [2.24, 2.45) is 0 Å². The first kappa shape index (κ1) is 21.1. The van der Waals surface area contributed by atoms with E-state index in [9.17, 15) is 4.79 Å². The number of anilines is 1. The van der Waals surface area contributed by atoms with Crippen molar-refractivity contribution < 1.29 is 14.3 Å². The molecule has 33 heavy (non-hydrogen) atoms. The number of ether oxygens (including phenoxy) is 2. The monoisotopic (exact) mass is 455 g/mol. The van der Waals surface area contributed by atoms with Gasteiger partial charge in [0.15, 0.2) is 11.5 Å². The predicted octanol–water partition coefficient (Wildman–Crippen LogP) is 7.07. The second-order valence-corrected chi connectivity index (χ2v) is 8.13. The van der Waals surface area contributed by atoms with Gasteiger partial charge in [0.2, 0.25) is 6.79 Å². The maximum absolute atomic E-state index is 13.4. The predicted molar refractivity (Wildman–Crippen MR) is 132 cm³/mol. The summed E-state index contributed by atoms with van der Waals surface area (Å²) in [6.45, 7) is 2.66. The van der Waals surface area contributed by atoms with E-state index in [1.165, 1.54) is 0 Å². The molecule has 4 aromatic rings. The van der Waals surface area contributed by atoms with E-state index in [1.807, 2.05) is 61.5 Å². The molecule has 0 saturated carbocycles. The minimum atomic E-state index is -0.102. The highest BCUT2D eigenvalue weighted by Gasteiger charge is 2.21. The van der Waals surface area contributed by atoms with Crippen LogP contribution < -0.4 is 14.4 Å². The Kier molecular flexibility index (Phi) is 5.76. The van der Waals surface area contributed by atoms with E-state index >= 15 is 0 Å². The van der Waals surface area contributed by atoms with Crippen molar-refractivity contribution >= 4 is 23.2 Å². The highest BCUT2D eigenvalue weighted by Crippen LogP contribution is 2.36. The lowest BCUT2D eigenvalue weighted by atomic mass is 9.98. The summed E-state index contributed by atoms with van der Waals surface area (Å²) in [6.07, 6.45) is 0. The topological polar surface area (TPSA) is 38.8 Å². The molecular formula is C28H22ClNO3. The van der Waals surface area contributed by atoms with Gasteiger partial charge in [-0.05, 0) is 53.9 Å². The molecular weight excluding hydrogens is 434 g/mol. The van der Waals surface area contributed by atoms with Crippen LogP contribution in [0, 0.1) is 0 Å². The fourth-order valence-corrected chi connectivity index (χ4v) is 4.23. The third-order valence-corrected chi connectivity index (χ3v) is 6.08. The van der Waals surface area contributed by atoms with E-state index in [2.05, 4.69) is 24.3 Å². The lowest BCUT2D eigenvalue weighted by Gasteiger charge is -2.22. The Morgan fingerprint density at radius 1 is 0.818 bits per heavy atom. The Labute approximate surface area is 198 Å². The van der Waals surface area contributed by atoms with Crippen molar-refractivity contribution in [2.75, 3.05) is 18.2 Å². The molecule has 1 heterocycles. The summed E-state index contributed by atoms with van der Waals surface area (Å²) >= 11 is 6.53. The summed E-state index contributed by atoms with van der Waals surface area (Å²) in [7, 11) is 0. The quantitative estimate of drug-likeness (QED) is 0.323. The van der Waals surface area contributed by atoms with Crippen LogP contribution in [0.15, 0.2) is 91.0 Å². The number of carbonyl (C=O) groups excluding carboxylic acids is 1. The first-order chi connectivity index (χ1) is 16.1. The number of hydrogen-bond donors (Lipinski definition) is 0. The molecule has 1 aliphatic rings. The van der Waals surface area contributed by atoms with Crippen molar-refractivity contribution in [1.29, 1.82) is 0 Å². The number of amides is 1. The van der Waals surface area contributed by atoms with Crippen LogP contribution >= 0.6 is 11.6 Å². The van der Waals surface area contributed by atoms with Gasteiger partial charge in [0.1, 0.15) is 0 Å². The van der Waals surface area contributed by atoms with Gasteiger partial charge < -0.3 is 14.4 Å². The molecule has 0 aliphatic carbocycles. The normalized spacial score (nSPS) is 11.9. The van der Waals surface area contributed by atoms with E-state index < -0.39 is 0 Å². The van der Waals surface area contributed by atoms with Crippen LogP contribution in [-0.2, 0) is 0 Å². The molecule has 4 aromatic carbocycles. The van der Waals surface area contributed by atoms with Gasteiger partial charge in [-0.25, -0.2) is 0 Å². The molecule has 0 spiro atoms. The number of benzene rings is 4. The van der Waals surface area contributed by atoms with Gasteiger partial charge in [0.05, 0.1) is 0 Å². The molecule has 0 saturated heterocycles. The van der Waals surface area contributed by atoms with E-state index in [-0.39, 0.29) is 12.7 Å². The molecule has 0 radical (unpaired) electrons. The number of hydrogen-bond acceptors (Lipinski definition) is 3. The van der Waals surface area contributed by atoms with Crippen molar-refractivity contribution in [2.45, 2.75) is 6.92 Å². The maximum Gasteiger partial charge on any atom is 0.258 e. The van der Waals surface area contributed by atoms with Crippen LogP contribution in [0.25, 0.3) is 22.3 Å². The van der Waals surface area contributed by atoms with Gasteiger partial charge in [-0.3, -0.25) is 4.79 Å². The van der Waals surface area contributed by atoms with E-state index in [0.717, 1.165) is 27.9 Å². The molecule has 5 rings (SSSR count). The Bertz CT molecular complexity index is 1300. The molecule has 0 fully saturated rings. The fraction of sp³-hybridized carbons (Fsp3) is 0.107. The second kappa shape index (κ2) is 9.00. The molecule has 4 nitrogen and oxygen atoms in total. The third kappa shape index (κ3) is 4.18. The summed E-state index contributed by atoms with van der Waals surface area (Å²) in [6, 6.07) is 29.4. The molecule has 5 heteroatoms. The van der Waals surface area contributed by atoms with E-state index in [4.69, 9.17) is 21.1 Å². The number of nitrogens with zero attached hydrogens (tertiary/aromatic N) is 1. The van der Waals surface area contributed by atoms with Crippen molar-refractivity contribution in [3.63, 3.8) is 0 Å². The van der Waals surface area contributed by atoms with Gasteiger partial charge in [-0.1, -0.05) is 66.2 Å². The summed E-state index contributed by atoms with van der Waals surface area (Å²) in [5, 5.41) is 0.602. The van der Waals surface area contributed by atoms with Crippen LogP contribution in [0.2, 0.25) is 5.02 Å². The Morgan fingerprint density at radius 2 is 1.52 bits per heavy atom. The number of rotatable bonds is 5. The zero-order valence-corrected chi connectivity index (χ0v) is 18.9. The minimum Gasteiger partial charge on any atom is -0.454 e. The summed E-state index contributed by atoms with van der Waals surface area (Å²) in [4.78, 5) is 15.1. The average molecular weight is 456 g/mol. The van der Waals surface area contributed by atoms with Gasteiger partial charge in [0.25, 0.3) is 5.91 Å². The molecule has 1 amide bonds. The first-order valence-corrected chi connectivity index (χ1v) is 11.2. The number of fused-ring (bicyclic) bond motifs is 1. The minimum absolute atomic E-state index is 0.102. The molecule has 0 aromatic heterocycles. The van der Waals surface area contributed by atoms with Crippen LogP contribution in [0.1, 0.15) is 17.3 Å². The molecule has 0 N–H and O–H groups in total. The molecule has 1 aliphatic heterocycles. The Morgan fingerprint density at radius 3 is 2.27 bits per heavy atom. The average Bonchev–Trinajstić information content (AvgIpc) is 3.33. The van der Waals surface area contributed by atoms with Crippen LogP contribution in [0.3, 0.4) is 0 Å².